The van der Waals surface area contributed by atoms with Gasteiger partial charge in [0.15, 0.2) is 11.5 Å². The lowest BCUT2D eigenvalue weighted by molar-refractivity contribution is 0.351. The van der Waals surface area contributed by atoms with E-state index < -0.39 is 0 Å². The van der Waals surface area contributed by atoms with Gasteiger partial charge in [-0.05, 0) is 30.0 Å². The summed E-state index contributed by atoms with van der Waals surface area (Å²) in [6, 6.07) is 2.10. The fraction of sp³-hybridized carbons (Fsp3) is 0.455. The van der Waals surface area contributed by atoms with E-state index in [2.05, 4.69) is 28.7 Å². The third-order valence-electron chi connectivity index (χ3n) is 2.76. The van der Waals surface area contributed by atoms with Crippen LogP contribution in [-0.4, -0.2) is 14.2 Å². The van der Waals surface area contributed by atoms with Gasteiger partial charge in [-0.3, -0.25) is 0 Å². The number of rotatable bonds is 3. The van der Waals surface area contributed by atoms with Crippen LogP contribution in [0, 0.1) is 0 Å². The van der Waals surface area contributed by atoms with E-state index >= 15 is 0 Å². The molecule has 0 heterocycles. The Morgan fingerprint density at radius 2 is 2.07 bits per heavy atom. The minimum atomic E-state index is 0.873. The van der Waals surface area contributed by atoms with Crippen LogP contribution >= 0.6 is 22.6 Å². The lowest BCUT2D eigenvalue weighted by Crippen LogP contribution is -2.13. The van der Waals surface area contributed by atoms with Crippen LogP contribution in [0.1, 0.15) is 16.7 Å². The molecule has 0 aromatic heterocycles. The second-order valence-corrected chi connectivity index (χ2v) is 4.12. The van der Waals surface area contributed by atoms with Gasteiger partial charge in [-0.25, -0.2) is 0 Å². The van der Waals surface area contributed by atoms with Crippen LogP contribution in [-0.2, 0) is 17.3 Å². The lowest BCUT2D eigenvalue weighted by atomic mass is 9.84. The Morgan fingerprint density at radius 3 is 2.50 bits per heavy atom. The molecule has 0 saturated heterocycles. The quantitative estimate of drug-likeness (QED) is 0.631. The van der Waals surface area contributed by atoms with E-state index in [0.717, 1.165) is 15.9 Å². The molecular formula is C11H13IO2. The number of aryl methyl sites for hydroxylation is 1. The van der Waals surface area contributed by atoms with Crippen molar-refractivity contribution in [1.82, 2.24) is 0 Å². The molecule has 0 atom stereocenters. The van der Waals surface area contributed by atoms with Crippen molar-refractivity contribution in [2.24, 2.45) is 0 Å². The summed E-state index contributed by atoms with van der Waals surface area (Å²) in [5.74, 6) is 1.79. The highest BCUT2D eigenvalue weighted by molar-refractivity contribution is 14.1. The van der Waals surface area contributed by atoms with Crippen LogP contribution in [0.15, 0.2) is 6.07 Å². The first-order valence-electron chi connectivity index (χ1n) is 4.63. The summed E-state index contributed by atoms with van der Waals surface area (Å²) in [5, 5.41) is 0. The molecular weight excluding hydrogens is 291 g/mol. The fourth-order valence-electron chi connectivity index (χ4n) is 1.92. The molecule has 0 amide bonds. The summed E-state index contributed by atoms with van der Waals surface area (Å²) < 4.78 is 11.7. The second kappa shape index (κ2) is 3.96. The highest BCUT2D eigenvalue weighted by Crippen LogP contribution is 2.41. The Balaban J connectivity index is 2.58. The van der Waals surface area contributed by atoms with Gasteiger partial charge in [-0.2, -0.15) is 0 Å². The van der Waals surface area contributed by atoms with E-state index in [9.17, 15) is 0 Å². The lowest BCUT2D eigenvalue weighted by Gasteiger charge is -2.25. The largest absolute Gasteiger partial charge is 0.493 e. The number of benzene rings is 1. The van der Waals surface area contributed by atoms with E-state index in [1.807, 2.05) is 0 Å². The molecule has 2 rings (SSSR count). The van der Waals surface area contributed by atoms with Gasteiger partial charge in [-0.15, -0.1) is 0 Å². The summed E-state index contributed by atoms with van der Waals surface area (Å²) in [4.78, 5) is 0. The standard InChI is InChI=1S/C11H13IO2/c1-13-10-5-7-3-4-8(7)9(6-12)11(10)14-2/h5H,3-4,6H2,1-2H3. The van der Waals surface area contributed by atoms with Crippen molar-refractivity contribution >= 4 is 22.6 Å². The molecule has 0 fully saturated rings. The number of ether oxygens (including phenoxy) is 2. The first-order valence-corrected chi connectivity index (χ1v) is 6.16. The molecule has 0 saturated carbocycles. The maximum Gasteiger partial charge on any atom is 0.164 e. The van der Waals surface area contributed by atoms with Crippen molar-refractivity contribution in [2.75, 3.05) is 14.2 Å². The zero-order chi connectivity index (χ0) is 10.1. The third kappa shape index (κ3) is 1.38. The maximum atomic E-state index is 5.40. The highest BCUT2D eigenvalue weighted by atomic mass is 127. The zero-order valence-corrected chi connectivity index (χ0v) is 10.6. The molecule has 0 radical (unpaired) electrons. The molecule has 1 aromatic carbocycles. The molecule has 0 spiro atoms. The van der Waals surface area contributed by atoms with E-state index in [0.29, 0.717) is 0 Å². The molecule has 1 aliphatic carbocycles. The normalized spacial score (nSPS) is 13.1. The predicted molar refractivity (Wildman–Crippen MR) is 64.7 cm³/mol. The van der Waals surface area contributed by atoms with Crippen LogP contribution in [0.4, 0.5) is 0 Å². The Bertz CT molecular complexity index is 361. The minimum absolute atomic E-state index is 0.873. The smallest absolute Gasteiger partial charge is 0.164 e. The summed E-state index contributed by atoms with van der Waals surface area (Å²) in [5.41, 5.74) is 4.21. The van der Waals surface area contributed by atoms with Crippen molar-refractivity contribution in [2.45, 2.75) is 17.3 Å². The molecule has 0 aliphatic heterocycles. The van der Waals surface area contributed by atoms with Gasteiger partial charge in [0.2, 0.25) is 0 Å². The first-order chi connectivity index (χ1) is 6.81. The number of hydrogen-bond acceptors (Lipinski definition) is 2. The molecule has 2 nitrogen and oxygen atoms in total. The Labute approximate surface area is 97.7 Å². The SMILES string of the molecule is COc1cc2c(c(CI)c1OC)CC2. The average Bonchev–Trinajstić information content (AvgIpc) is 2.18. The van der Waals surface area contributed by atoms with Crippen LogP contribution in [0.2, 0.25) is 0 Å². The molecule has 0 bridgehead atoms. The average molecular weight is 304 g/mol. The zero-order valence-electron chi connectivity index (χ0n) is 8.39. The number of halogens is 1. The predicted octanol–water partition coefficient (Wildman–Crippen LogP) is 2.74. The summed E-state index contributed by atoms with van der Waals surface area (Å²) in [7, 11) is 3.40. The monoisotopic (exact) mass is 304 g/mol. The molecule has 1 aliphatic rings. The Kier molecular flexibility index (Phi) is 2.85. The number of hydrogen-bond donors (Lipinski definition) is 0. The van der Waals surface area contributed by atoms with Gasteiger partial charge in [-0.1, -0.05) is 22.6 Å². The van der Waals surface area contributed by atoms with Gasteiger partial charge in [0.1, 0.15) is 0 Å². The van der Waals surface area contributed by atoms with Crippen molar-refractivity contribution in [1.29, 1.82) is 0 Å². The number of methoxy groups -OCH3 is 2. The van der Waals surface area contributed by atoms with E-state index in [4.69, 9.17) is 9.47 Å². The number of fused-ring (bicyclic) bond motifs is 1. The van der Waals surface area contributed by atoms with E-state index in [1.165, 1.54) is 29.5 Å². The van der Waals surface area contributed by atoms with Crippen molar-refractivity contribution in [3.63, 3.8) is 0 Å². The van der Waals surface area contributed by atoms with Gasteiger partial charge < -0.3 is 9.47 Å². The van der Waals surface area contributed by atoms with Crippen LogP contribution in [0.25, 0.3) is 0 Å². The van der Waals surface area contributed by atoms with Crippen molar-refractivity contribution in [3.8, 4) is 11.5 Å². The van der Waals surface area contributed by atoms with Crippen LogP contribution < -0.4 is 9.47 Å². The molecule has 14 heavy (non-hydrogen) atoms. The molecule has 0 N–H and O–H groups in total. The molecule has 76 valence electrons. The van der Waals surface area contributed by atoms with Gasteiger partial charge >= 0.3 is 0 Å². The topological polar surface area (TPSA) is 18.5 Å². The van der Waals surface area contributed by atoms with E-state index in [1.54, 1.807) is 14.2 Å². The third-order valence-corrected chi connectivity index (χ3v) is 3.52. The van der Waals surface area contributed by atoms with Gasteiger partial charge in [0, 0.05) is 9.99 Å². The highest BCUT2D eigenvalue weighted by Gasteiger charge is 2.23. The summed E-state index contributed by atoms with van der Waals surface area (Å²) in [6.07, 6.45) is 2.37. The Hall–Kier alpha value is -0.450. The van der Waals surface area contributed by atoms with Crippen LogP contribution in [0.5, 0.6) is 11.5 Å². The second-order valence-electron chi connectivity index (χ2n) is 3.36. The molecule has 3 heteroatoms. The van der Waals surface area contributed by atoms with E-state index in [-0.39, 0.29) is 0 Å². The molecule has 0 unspecified atom stereocenters. The van der Waals surface area contributed by atoms with Crippen molar-refractivity contribution in [3.05, 3.63) is 22.8 Å². The summed E-state index contributed by atoms with van der Waals surface area (Å²) in [6.45, 7) is 0. The first kappa shape index (κ1) is 10.1. The summed E-state index contributed by atoms with van der Waals surface area (Å²) >= 11 is 2.38. The molecule has 1 aromatic rings. The Morgan fingerprint density at radius 1 is 1.29 bits per heavy atom. The van der Waals surface area contributed by atoms with Crippen LogP contribution in [0.3, 0.4) is 0 Å². The number of alkyl halides is 1. The fourth-order valence-corrected chi connectivity index (χ4v) is 2.73. The van der Waals surface area contributed by atoms with Gasteiger partial charge in [0.25, 0.3) is 0 Å². The van der Waals surface area contributed by atoms with Crippen molar-refractivity contribution < 1.29 is 9.47 Å². The maximum absolute atomic E-state index is 5.40. The minimum Gasteiger partial charge on any atom is -0.493 e. The van der Waals surface area contributed by atoms with Gasteiger partial charge in [0.05, 0.1) is 14.2 Å².